The van der Waals surface area contributed by atoms with E-state index in [-0.39, 0.29) is 17.6 Å². The molecule has 110 valence electrons. The number of carbonyl (C=O) groups is 1. The van der Waals surface area contributed by atoms with E-state index in [2.05, 4.69) is 10.6 Å². The summed E-state index contributed by atoms with van der Waals surface area (Å²) in [4.78, 5) is 12.4. The van der Waals surface area contributed by atoms with Gasteiger partial charge in [0.25, 0.3) is 0 Å². The summed E-state index contributed by atoms with van der Waals surface area (Å²) in [6.07, 6.45) is 0. The van der Waals surface area contributed by atoms with E-state index in [1.165, 1.54) is 0 Å². The van der Waals surface area contributed by atoms with Crippen LogP contribution in [0.25, 0.3) is 0 Å². The zero-order valence-corrected chi connectivity index (χ0v) is 12.2. The van der Waals surface area contributed by atoms with Gasteiger partial charge in [-0.2, -0.15) is 0 Å². The Hall–Kier alpha value is -1.59. The van der Waals surface area contributed by atoms with E-state index in [0.717, 1.165) is 11.3 Å². The van der Waals surface area contributed by atoms with Crippen LogP contribution < -0.4 is 15.4 Å². The first-order valence-corrected chi connectivity index (χ1v) is 6.81. The molecule has 0 aliphatic carbocycles. The minimum Gasteiger partial charge on any atom is -0.492 e. The van der Waals surface area contributed by atoms with Gasteiger partial charge in [-0.3, -0.25) is 10.1 Å². The van der Waals surface area contributed by atoms with Crippen LogP contribution in [0.15, 0.2) is 24.3 Å². The van der Waals surface area contributed by atoms with Crippen LogP contribution in [0.1, 0.15) is 25.5 Å². The topological polar surface area (TPSA) is 59.6 Å². The van der Waals surface area contributed by atoms with Crippen molar-refractivity contribution in [2.75, 3.05) is 26.8 Å². The maximum Gasteiger partial charge on any atom is 0.241 e. The second-order valence-corrected chi connectivity index (χ2v) is 5.46. The highest BCUT2D eigenvalue weighted by molar-refractivity contribution is 5.84. The van der Waals surface area contributed by atoms with Crippen molar-refractivity contribution in [1.82, 2.24) is 10.6 Å². The molecular weight excluding hydrogens is 256 g/mol. The van der Waals surface area contributed by atoms with Gasteiger partial charge < -0.3 is 14.8 Å². The molecule has 0 bridgehead atoms. The van der Waals surface area contributed by atoms with Crippen LogP contribution in [0.5, 0.6) is 5.75 Å². The van der Waals surface area contributed by atoms with Crippen LogP contribution in [-0.4, -0.2) is 38.3 Å². The molecule has 0 radical (unpaired) electrons. The molecule has 0 spiro atoms. The zero-order valence-electron chi connectivity index (χ0n) is 12.2. The van der Waals surface area contributed by atoms with Crippen LogP contribution in [0, 0.1) is 0 Å². The molecule has 5 nitrogen and oxygen atoms in total. The summed E-state index contributed by atoms with van der Waals surface area (Å²) >= 11 is 0. The van der Waals surface area contributed by atoms with Crippen LogP contribution in [0.3, 0.4) is 0 Å². The molecule has 5 heteroatoms. The van der Waals surface area contributed by atoms with Crippen LogP contribution >= 0.6 is 0 Å². The molecular formula is C15H22N2O3. The lowest BCUT2D eigenvalue weighted by Gasteiger charge is -2.25. The molecule has 2 rings (SSSR count). The van der Waals surface area contributed by atoms with Gasteiger partial charge in [0.15, 0.2) is 0 Å². The number of para-hydroxylation sites is 1. The molecule has 1 aliphatic heterocycles. The highest BCUT2D eigenvalue weighted by atomic mass is 16.5. The molecule has 2 N–H and O–H groups in total. The molecule has 0 aromatic heterocycles. The summed E-state index contributed by atoms with van der Waals surface area (Å²) in [5.41, 5.74) is 0.494. The van der Waals surface area contributed by atoms with Crippen molar-refractivity contribution in [2.24, 2.45) is 0 Å². The van der Waals surface area contributed by atoms with Gasteiger partial charge in [0.2, 0.25) is 5.91 Å². The van der Waals surface area contributed by atoms with Crippen molar-refractivity contribution in [3.05, 3.63) is 29.8 Å². The smallest absolute Gasteiger partial charge is 0.241 e. The first-order chi connectivity index (χ1) is 9.53. The number of carbonyl (C=O) groups excluding carboxylic acids is 1. The molecule has 0 saturated carbocycles. The number of hydrogen-bond acceptors (Lipinski definition) is 4. The second kappa shape index (κ2) is 6.24. The SMILES string of the molecule is COC(C)(C)CNC(=O)C1NCCOc2ccccc21. The fraction of sp³-hybridized carbons (Fsp3) is 0.533. The summed E-state index contributed by atoms with van der Waals surface area (Å²) in [6.45, 7) is 5.53. The lowest BCUT2D eigenvalue weighted by atomic mass is 10.0. The first-order valence-electron chi connectivity index (χ1n) is 6.81. The summed E-state index contributed by atoms with van der Waals surface area (Å²) in [5, 5.41) is 6.14. The maximum atomic E-state index is 12.4. The summed E-state index contributed by atoms with van der Waals surface area (Å²) in [5.74, 6) is 0.705. The van der Waals surface area contributed by atoms with Crippen molar-refractivity contribution < 1.29 is 14.3 Å². The van der Waals surface area contributed by atoms with E-state index >= 15 is 0 Å². The summed E-state index contributed by atoms with van der Waals surface area (Å²) in [7, 11) is 1.64. The third-order valence-electron chi connectivity index (χ3n) is 3.44. The van der Waals surface area contributed by atoms with Crippen LogP contribution in [-0.2, 0) is 9.53 Å². The van der Waals surface area contributed by atoms with E-state index in [4.69, 9.17) is 9.47 Å². The molecule has 20 heavy (non-hydrogen) atoms. The number of ether oxygens (including phenoxy) is 2. The van der Waals surface area contributed by atoms with E-state index < -0.39 is 0 Å². The van der Waals surface area contributed by atoms with Crippen molar-refractivity contribution in [1.29, 1.82) is 0 Å². The zero-order chi connectivity index (χ0) is 14.6. The van der Waals surface area contributed by atoms with E-state index in [0.29, 0.717) is 19.7 Å². The Labute approximate surface area is 119 Å². The van der Waals surface area contributed by atoms with Gasteiger partial charge in [0.05, 0.1) is 5.60 Å². The number of fused-ring (bicyclic) bond motifs is 1. The Bertz CT molecular complexity index is 474. The van der Waals surface area contributed by atoms with E-state index in [1.54, 1.807) is 7.11 Å². The highest BCUT2D eigenvalue weighted by Crippen LogP contribution is 2.27. The average molecular weight is 278 g/mol. The molecule has 1 aliphatic rings. The van der Waals surface area contributed by atoms with Gasteiger partial charge in [-0.05, 0) is 19.9 Å². The van der Waals surface area contributed by atoms with Crippen molar-refractivity contribution in [2.45, 2.75) is 25.5 Å². The van der Waals surface area contributed by atoms with Gasteiger partial charge in [0.1, 0.15) is 18.4 Å². The van der Waals surface area contributed by atoms with Crippen molar-refractivity contribution >= 4 is 5.91 Å². The molecule has 1 heterocycles. The fourth-order valence-electron chi connectivity index (χ4n) is 2.03. The molecule has 1 aromatic carbocycles. The van der Waals surface area contributed by atoms with Gasteiger partial charge in [-0.1, -0.05) is 18.2 Å². The number of rotatable bonds is 4. The third-order valence-corrected chi connectivity index (χ3v) is 3.44. The standard InChI is InChI=1S/C15H22N2O3/c1-15(2,19-3)10-17-14(18)13-11-6-4-5-7-12(11)20-9-8-16-13/h4-7,13,16H,8-10H2,1-3H3,(H,17,18). The predicted octanol–water partition coefficient (Wildman–Crippen LogP) is 1.25. The van der Waals surface area contributed by atoms with Gasteiger partial charge in [-0.25, -0.2) is 0 Å². The molecule has 0 fully saturated rings. The number of nitrogens with one attached hydrogen (secondary N) is 2. The molecule has 1 atom stereocenters. The summed E-state index contributed by atoms with van der Waals surface area (Å²) < 4.78 is 10.9. The predicted molar refractivity (Wildman–Crippen MR) is 76.8 cm³/mol. The van der Waals surface area contributed by atoms with E-state index in [1.807, 2.05) is 38.1 Å². The molecule has 0 saturated heterocycles. The molecule has 1 amide bonds. The van der Waals surface area contributed by atoms with Crippen molar-refractivity contribution in [3.8, 4) is 5.75 Å². The van der Waals surface area contributed by atoms with Gasteiger partial charge in [0, 0.05) is 25.8 Å². The number of benzene rings is 1. The Morgan fingerprint density at radius 2 is 2.25 bits per heavy atom. The Kier molecular flexibility index (Phi) is 4.62. The minimum absolute atomic E-state index is 0.0620. The Balaban J connectivity index is 2.10. The second-order valence-electron chi connectivity index (χ2n) is 5.46. The molecule has 1 unspecified atom stereocenters. The Morgan fingerprint density at radius 1 is 1.50 bits per heavy atom. The summed E-state index contributed by atoms with van der Waals surface area (Å²) in [6, 6.07) is 7.24. The maximum absolute atomic E-state index is 12.4. The number of amides is 1. The largest absolute Gasteiger partial charge is 0.492 e. The molecule has 1 aromatic rings. The third kappa shape index (κ3) is 3.49. The Morgan fingerprint density at radius 3 is 3.00 bits per heavy atom. The monoisotopic (exact) mass is 278 g/mol. The highest BCUT2D eigenvalue weighted by Gasteiger charge is 2.27. The lowest BCUT2D eigenvalue weighted by molar-refractivity contribution is -0.124. The fourth-order valence-corrected chi connectivity index (χ4v) is 2.03. The number of methoxy groups -OCH3 is 1. The quantitative estimate of drug-likeness (QED) is 0.870. The van der Waals surface area contributed by atoms with Gasteiger partial charge >= 0.3 is 0 Å². The van der Waals surface area contributed by atoms with Crippen LogP contribution in [0.4, 0.5) is 0 Å². The first kappa shape index (κ1) is 14.8. The number of hydrogen-bond donors (Lipinski definition) is 2. The normalized spacial score (nSPS) is 18.6. The average Bonchev–Trinajstić information content (AvgIpc) is 2.67. The lowest BCUT2D eigenvalue weighted by Crippen LogP contribution is -2.44. The van der Waals surface area contributed by atoms with Crippen molar-refractivity contribution in [3.63, 3.8) is 0 Å². The van der Waals surface area contributed by atoms with Gasteiger partial charge in [-0.15, -0.1) is 0 Å². The van der Waals surface area contributed by atoms with E-state index in [9.17, 15) is 4.79 Å². The minimum atomic E-state index is -0.388. The van der Waals surface area contributed by atoms with Crippen LogP contribution in [0.2, 0.25) is 0 Å².